The number of amides is 3. The van der Waals surface area contributed by atoms with Gasteiger partial charge >= 0.3 is 0 Å². The summed E-state index contributed by atoms with van der Waals surface area (Å²) in [6.07, 6.45) is 1.64. The molecule has 2 atom stereocenters. The Bertz CT molecular complexity index is 1130. The normalized spacial score (nSPS) is 19.7. The Labute approximate surface area is 212 Å². The maximum Gasteiger partial charge on any atom is 0.256 e. The van der Waals surface area contributed by atoms with E-state index in [4.69, 9.17) is 9.47 Å². The average Bonchev–Trinajstić information content (AvgIpc) is 3.26. The molecule has 1 spiro atoms. The Morgan fingerprint density at radius 1 is 1.08 bits per heavy atom. The molecule has 2 aliphatic heterocycles. The summed E-state index contributed by atoms with van der Waals surface area (Å²) < 4.78 is 11.5. The summed E-state index contributed by atoms with van der Waals surface area (Å²) in [6, 6.07) is 13.7. The molecule has 0 radical (unpaired) electrons. The Balaban J connectivity index is 1.57. The molecule has 0 saturated carbocycles. The molecule has 4 rings (SSSR count). The van der Waals surface area contributed by atoms with Crippen molar-refractivity contribution in [1.82, 2.24) is 15.1 Å². The van der Waals surface area contributed by atoms with Gasteiger partial charge in [0.15, 0.2) is 0 Å². The van der Waals surface area contributed by atoms with Gasteiger partial charge in [-0.2, -0.15) is 0 Å². The minimum atomic E-state index is -0.941. The molecule has 3 amide bonds. The summed E-state index contributed by atoms with van der Waals surface area (Å²) in [5.74, 6) is 0.0908. The van der Waals surface area contributed by atoms with E-state index in [0.717, 1.165) is 12.0 Å². The number of carbonyl (C=O) groups excluding carboxylic acids is 3. The second-order valence-electron chi connectivity index (χ2n) is 9.66. The van der Waals surface area contributed by atoms with E-state index >= 15 is 0 Å². The quantitative estimate of drug-likeness (QED) is 0.667. The average molecular weight is 494 g/mol. The molecule has 36 heavy (non-hydrogen) atoms. The molecule has 2 aromatic rings. The van der Waals surface area contributed by atoms with Gasteiger partial charge in [-0.15, -0.1) is 0 Å². The monoisotopic (exact) mass is 493 g/mol. The van der Waals surface area contributed by atoms with E-state index in [1.54, 1.807) is 47.2 Å². The number of carbonyl (C=O) groups is 3. The van der Waals surface area contributed by atoms with Crippen molar-refractivity contribution < 1.29 is 23.9 Å². The van der Waals surface area contributed by atoms with Gasteiger partial charge in [0.2, 0.25) is 5.91 Å². The van der Waals surface area contributed by atoms with Crippen LogP contribution in [0.15, 0.2) is 48.5 Å². The van der Waals surface area contributed by atoms with Crippen LogP contribution in [0.5, 0.6) is 5.75 Å². The molecular formula is C28H35N3O5. The van der Waals surface area contributed by atoms with E-state index in [0.29, 0.717) is 42.8 Å². The van der Waals surface area contributed by atoms with Crippen LogP contribution >= 0.6 is 0 Å². The summed E-state index contributed by atoms with van der Waals surface area (Å²) in [7, 11) is 1.57. The van der Waals surface area contributed by atoms with Crippen molar-refractivity contribution in [3.8, 4) is 5.75 Å². The predicted octanol–water partition coefficient (Wildman–Crippen LogP) is 3.39. The number of nitrogens with zero attached hydrogens (tertiary/aromatic N) is 2. The topological polar surface area (TPSA) is 88.2 Å². The molecule has 0 bridgehead atoms. The fraction of sp³-hybridized carbons (Fsp3) is 0.464. The highest BCUT2D eigenvalue weighted by Crippen LogP contribution is 2.39. The molecular weight excluding hydrogens is 458 g/mol. The Hall–Kier alpha value is -3.39. The number of benzene rings is 2. The summed E-state index contributed by atoms with van der Waals surface area (Å²) in [6.45, 7) is 6.83. The molecule has 192 valence electrons. The number of piperidine rings is 1. The van der Waals surface area contributed by atoms with Crippen molar-refractivity contribution in [2.45, 2.75) is 57.8 Å². The second kappa shape index (κ2) is 10.7. The summed E-state index contributed by atoms with van der Waals surface area (Å²) in [5.41, 5.74) is 1.10. The van der Waals surface area contributed by atoms with Crippen LogP contribution in [-0.4, -0.2) is 72.1 Å². The molecule has 0 aliphatic carbocycles. The number of ether oxygens (including phenoxy) is 2. The van der Waals surface area contributed by atoms with Crippen LogP contribution in [0.1, 0.15) is 59.4 Å². The van der Waals surface area contributed by atoms with Crippen LogP contribution in [0.3, 0.4) is 0 Å². The Kier molecular flexibility index (Phi) is 7.64. The van der Waals surface area contributed by atoms with Gasteiger partial charge in [0.25, 0.3) is 11.8 Å². The minimum Gasteiger partial charge on any atom is -0.497 e. The zero-order chi connectivity index (χ0) is 25.9. The summed E-state index contributed by atoms with van der Waals surface area (Å²) in [4.78, 5) is 43.6. The Morgan fingerprint density at radius 3 is 2.39 bits per heavy atom. The van der Waals surface area contributed by atoms with E-state index in [2.05, 4.69) is 5.32 Å². The lowest BCUT2D eigenvalue weighted by Crippen LogP contribution is -2.60. The number of hydrogen-bond acceptors (Lipinski definition) is 5. The first-order valence-electron chi connectivity index (χ1n) is 12.6. The van der Waals surface area contributed by atoms with Crippen molar-refractivity contribution >= 4 is 17.7 Å². The molecule has 2 saturated heterocycles. The first kappa shape index (κ1) is 25.7. The highest BCUT2D eigenvalue weighted by atomic mass is 16.5. The zero-order valence-corrected chi connectivity index (χ0v) is 21.5. The lowest BCUT2D eigenvalue weighted by atomic mass is 9.95. The van der Waals surface area contributed by atoms with Crippen LogP contribution in [0, 0.1) is 6.92 Å². The van der Waals surface area contributed by atoms with E-state index in [-0.39, 0.29) is 30.4 Å². The van der Waals surface area contributed by atoms with Crippen LogP contribution in [0.2, 0.25) is 0 Å². The van der Waals surface area contributed by atoms with Crippen LogP contribution in [0.25, 0.3) is 0 Å². The van der Waals surface area contributed by atoms with Crippen LogP contribution in [0.4, 0.5) is 0 Å². The summed E-state index contributed by atoms with van der Waals surface area (Å²) >= 11 is 0. The number of likely N-dealkylation sites (tertiary alicyclic amines) is 1. The number of rotatable bonds is 6. The van der Waals surface area contributed by atoms with Crippen molar-refractivity contribution in [2.75, 3.05) is 26.8 Å². The van der Waals surface area contributed by atoms with Crippen LogP contribution in [-0.2, 0) is 9.53 Å². The molecule has 2 fully saturated rings. The number of nitrogens with one attached hydrogen (secondary N) is 1. The zero-order valence-electron chi connectivity index (χ0n) is 21.5. The second-order valence-corrected chi connectivity index (χ2v) is 9.66. The summed E-state index contributed by atoms with van der Waals surface area (Å²) in [5, 5.41) is 3.01. The highest BCUT2D eigenvalue weighted by molar-refractivity contribution is 5.99. The molecule has 8 heteroatoms. The van der Waals surface area contributed by atoms with E-state index in [1.165, 1.54) is 0 Å². The minimum absolute atomic E-state index is 0.00713. The highest BCUT2D eigenvalue weighted by Gasteiger charge is 2.54. The molecule has 1 N–H and O–H groups in total. The van der Waals surface area contributed by atoms with Gasteiger partial charge in [-0.25, -0.2) is 0 Å². The number of aryl methyl sites for hydroxylation is 1. The predicted molar refractivity (Wildman–Crippen MR) is 136 cm³/mol. The van der Waals surface area contributed by atoms with Crippen molar-refractivity contribution in [2.24, 2.45) is 0 Å². The van der Waals surface area contributed by atoms with Crippen LogP contribution < -0.4 is 10.1 Å². The lowest BCUT2D eigenvalue weighted by Gasteiger charge is -2.44. The largest absolute Gasteiger partial charge is 0.497 e. The van der Waals surface area contributed by atoms with Crippen molar-refractivity contribution in [3.05, 3.63) is 65.2 Å². The molecule has 8 nitrogen and oxygen atoms in total. The van der Waals surface area contributed by atoms with E-state index in [9.17, 15) is 14.4 Å². The van der Waals surface area contributed by atoms with Gasteiger partial charge in [-0.3, -0.25) is 19.3 Å². The van der Waals surface area contributed by atoms with Gasteiger partial charge in [0.05, 0.1) is 13.7 Å². The fourth-order valence-electron chi connectivity index (χ4n) is 4.92. The van der Waals surface area contributed by atoms with Gasteiger partial charge in [0.1, 0.15) is 17.5 Å². The smallest absolute Gasteiger partial charge is 0.256 e. The molecule has 2 unspecified atom stereocenters. The third-order valence-electron chi connectivity index (χ3n) is 7.20. The molecule has 2 aromatic carbocycles. The van der Waals surface area contributed by atoms with Gasteiger partial charge < -0.3 is 19.7 Å². The first-order valence-corrected chi connectivity index (χ1v) is 12.6. The van der Waals surface area contributed by atoms with Crippen molar-refractivity contribution in [1.29, 1.82) is 0 Å². The number of methoxy groups -OCH3 is 1. The Morgan fingerprint density at radius 2 is 1.75 bits per heavy atom. The standard InChI is InChI=1S/C28H35N3O5/c1-5-20(3)29-25(32)24-18-36-28(31(24)27(34)21-9-6-8-19(2)16-21)12-14-30(15-13-28)26(33)22-10-7-11-23(17-22)35-4/h6-11,16-17,20,24H,5,12-15,18H2,1-4H3,(H,29,32). The maximum absolute atomic E-state index is 13.8. The first-order chi connectivity index (χ1) is 17.3. The molecule has 2 aliphatic rings. The SMILES string of the molecule is CCC(C)NC(=O)C1COC2(CCN(C(=O)c3cccc(OC)c3)CC2)N1C(=O)c1cccc(C)c1. The van der Waals surface area contributed by atoms with Crippen molar-refractivity contribution in [3.63, 3.8) is 0 Å². The van der Waals surface area contributed by atoms with Gasteiger partial charge in [-0.1, -0.05) is 30.7 Å². The third kappa shape index (κ3) is 5.09. The molecule has 2 heterocycles. The van der Waals surface area contributed by atoms with E-state index < -0.39 is 11.8 Å². The third-order valence-corrected chi connectivity index (χ3v) is 7.20. The number of hydrogen-bond donors (Lipinski definition) is 1. The molecule has 0 aromatic heterocycles. The fourth-order valence-corrected chi connectivity index (χ4v) is 4.92. The van der Waals surface area contributed by atoms with E-state index in [1.807, 2.05) is 39.0 Å². The maximum atomic E-state index is 13.8. The van der Waals surface area contributed by atoms with Gasteiger partial charge in [-0.05, 0) is 50.6 Å². The van der Waals surface area contributed by atoms with Gasteiger partial charge in [0, 0.05) is 43.1 Å². The lowest BCUT2D eigenvalue weighted by molar-refractivity contribution is -0.128.